The van der Waals surface area contributed by atoms with Gasteiger partial charge in [0.25, 0.3) is 0 Å². The zero-order valence-corrected chi connectivity index (χ0v) is 18.4. The molecule has 0 amide bonds. The van der Waals surface area contributed by atoms with Crippen LogP contribution in [0.5, 0.6) is 0 Å². The number of aromatic nitrogens is 1. The van der Waals surface area contributed by atoms with Crippen molar-refractivity contribution in [3.05, 3.63) is 64.2 Å². The SMILES string of the molecule is CC(C)(C)n1cc(C(=O)O)c(=O)c2cc(N)c(N3CCN(c4ccc(F)cc4)CC3)cc21. The van der Waals surface area contributed by atoms with E-state index in [-0.39, 0.29) is 11.4 Å². The van der Waals surface area contributed by atoms with E-state index in [2.05, 4.69) is 9.80 Å². The molecule has 4 rings (SSSR count). The Morgan fingerprint density at radius 1 is 1.03 bits per heavy atom. The maximum Gasteiger partial charge on any atom is 0.341 e. The molecule has 168 valence electrons. The second kappa shape index (κ2) is 7.85. The predicted molar refractivity (Wildman–Crippen MR) is 125 cm³/mol. The number of halogens is 1. The standard InChI is InChI=1S/C24H27FN4O3/c1-24(2,3)29-14-18(23(31)32)22(30)17-12-19(26)21(13-20(17)29)28-10-8-27(9-11-28)16-6-4-15(25)5-7-16/h4-7,12-14H,8-11,26H2,1-3H3,(H,31,32). The van der Waals surface area contributed by atoms with Gasteiger partial charge in [-0.3, -0.25) is 4.79 Å². The summed E-state index contributed by atoms with van der Waals surface area (Å²) in [7, 11) is 0. The van der Waals surface area contributed by atoms with Crippen LogP contribution in [-0.2, 0) is 5.54 Å². The third-order valence-electron chi connectivity index (χ3n) is 5.92. The number of hydrogen-bond donors (Lipinski definition) is 2. The predicted octanol–water partition coefficient (Wildman–Crippen LogP) is 3.50. The van der Waals surface area contributed by atoms with Gasteiger partial charge in [0.1, 0.15) is 11.4 Å². The van der Waals surface area contributed by atoms with Crippen molar-refractivity contribution < 1.29 is 14.3 Å². The molecule has 0 radical (unpaired) electrons. The van der Waals surface area contributed by atoms with E-state index in [1.807, 2.05) is 31.4 Å². The highest BCUT2D eigenvalue weighted by Gasteiger charge is 2.24. The number of carboxylic acid groups (broad SMARTS) is 1. The van der Waals surface area contributed by atoms with Crippen LogP contribution >= 0.6 is 0 Å². The Morgan fingerprint density at radius 2 is 1.62 bits per heavy atom. The number of nitrogens with two attached hydrogens (primary N) is 1. The third-order valence-corrected chi connectivity index (χ3v) is 5.92. The van der Waals surface area contributed by atoms with E-state index in [0.29, 0.717) is 29.7 Å². The molecule has 0 spiro atoms. The molecule has 8 heteroatoms. The second-order valence-electron chi connectivity index (χ2n) is 9.10. The Morgan fingerprint density at radius 3 is 2.19 bits per heavy atom. The monoisotopic (exact) mass is 438 g/mol. The minimum Gasteiger partial charge on any atom is -0.477 e. The molecule has 7 nitrogen and oxygen atoms in total. The largest absolute Gasteiger partial charge is 0.477 e. The molecule has 2 heterocycles. The molecule has 0 unspecified atom stereocenters. The summed E-state index contributed by atoms with van der Waals surface area (Å²) in [6, 6.07) is 9.94. The van der Waals surface area contributed by atoms with E-state index in [1.54, 1.807) is 18.2 Å². The van der Waals surface area contributed by atoms with Crippen molar-refractivity contribution in [2.75, 3.05) is 41.7 Å². The highest BCUT2D eigenvalue weighted by molar-refractivity contribution is 5.96. The van der Waals surface area contributed by atoms with Crippen molar-refractivity contribution in [1.82, 2.24) is 4.57 Å². The lowest BCUT2D eigenvalue weighted by molar-refractivity contribution is 0.0694. The van der Waals surface area contributed by atoms with Crippen molar-refractivity contribution in [3.8, 4) is 0 Å². The Hall–Kier alpha value is -3.55. The van der Waals surface area contributed by atoms with Gasteiger partial charge in [-0.1, -0.05) is 0 Å². The number of anilines is 3. The first-order valence-electron chi connectivity index (χ1n) is 10.5. The van der Waals surface area contributed by atoms with Crippen LogP contribution in [-0.4, -0.2) is 41.8 Å². The molecule has 1 saturated heterocycles. The fourth-order valence-electron chi connectivity index (χ4n) is 4.22. The van der Waals surface area contributed by atoms with Gasteiger partial charge >= 0.3 is 5.97 Å². The van der Waals surface area contributed by atoms with Gasteiger partial charge in [0.05, 0.1) is 16.9 Å². The summed E-state index contributed by atoms with van der Waals surface area (Å²) < 4.78 is 15.1. The number of fused-ring (bicyclic) bond motifs is 1. The van der Waals surface area contributed by atoms with Gasteiger partial charge in [0.2, 0.25) is 5.43 Å². The lowest BCUT2D eigenvalue weighted by atomic mass is 10.0. The minimum absolute atomic E-state index is 0.257. The maximum atomic E-state index is 13.2. The van der Waals surface area contributed by atoms with Crippen LogP contribution in [0.2, 0.25) is 0 Å². The number of nitrogens with zero attached hydrogens (tertiary/aromatic N) is 3. The van der Waals surface area contributed by atoms with Gasteiger partial charge < -0.3 is 25.2 Å². The van der Waals surface area contributed by atoms with Crippen LogP contribution in [0, 0.1) is 5.82 Å². The van der Waals surface area contributed by atoms with Crippen molar-refractivity contribution in [3.63, 3.8) is 0 Å². The Labute approximate surface area is 185 Å². The van der Waals surface area contributed by atoms with Crippen LogP contribution in [0.1, 0.15) is 31.1 Å². The van der Waals surface area contributed by atoms with Crippen LogP contribution in [0.3, 0.4) is 0 Å². The summed E-state index contributed by atoms with van der Waals surface area (Å²) in [5, 5.41) is 9.80. The first-order valence-corrected chi connectivity index (χ1v) is 10.5. The van der Waals surface area contributed by atoms with Gasteiger partial charge in [-0.15, -0.1) is 0 Å². The van der Waals surface area contributed by atoms with Gasteiger partial charge in [0, 0.05) is 49.0 Å². The molecular formula is C24H27FN4O3. The number of carbonyl (C=O) groups is 1. The Kier molecular flexibility index (Phi) is 5.32. The lowest BCUT2D eigenvalue weighted by Gasteiger charge is -2.38. The number of rotatable bonds is 3. The first kappa shape index (κ1) is 21.7. The molecule has 0 atom stereocenters. The number of aromatic carboxylic acids is 1. The zero-order valence-electron chi connectivity index (χ0n) is 18.4. The molecule has 1 aliphatic heterocycles. The van der Waals surface area contributed by atoms with Gasteiger partial charge in [0.15, 0.2) is 0 Å². The van der Waals surface area contributed by atoms with Crippen molar-refractivity contribution in [1.29, 1.82) is 0 Å². The quantitative estimate of drug-likeness (QED) is 0.608. The molecule has 3 N–H and O–H groups in total. The van der Waals surface area contributed by atoms with E-state index in [4.69, 9.17) is 5.73 Å². The molecule has 1 aromatic heterocycles. The van der Waals surface area contributed by atoms with Crippen LogP contribution in [0.4, 0.5) is 21.5 Å². The fraction of sp³-hybridized carbons (Fsp3) is 0.333. The Bertz CT molecular complexity index is 1240. The van der Waals surface area contributed by atoms with Crippen LogP contribution < -0.4 is 21.0 Å². The zero-order chi connectivity index (χ0) is 23.2. The molecule has 3 aromatic rings. The summed E-state index contributed by atoms with van der Waals surface area (Å²) in [6.07, 6.45) is 1.42. The van der Waals surface area contributed by atoms with Crippen LogP contribution in [0.15, 0.2) is 47.4 Å². The summed E-state index contributed by atoms with van der Waals surface area (Å²) in [6.45, 7) is 8.78. The summed E-state index contributed by atoms with van der Waals surface area (Å²) in [4.78, 5) is 28.8. The summed E-state index contributed by atoms with van der Waals surface area (Å²) in [5.41, 5.74) is 7.97. The molecule has 2 aromatic carbocycles. The smallest absolute Gasteiger partial charge is 0.341 e. The normalized spacial score (nSPS) is 14.8. The lowest BCUT2D eigenvalue weighted by Crippen LogP contribution is -2.46. The fourth-order valence-corrected chi connectivity index (χ4v) is 4.22. The number of hydrogen-bond acceptors (Lipinski definition) is 5. The van der Waals surface area contributed by atoms with E-state index in [1.165, 1.54) is 18.3 Å². The number of carboxylic acids is 1. The van der Waals surface area contributed by atoms with E-state index in [0.717, 1.165) is 24.5 Å². The first-order chi connectivity index (χ1) is 15.1. The molecular weight excluding hydrogens is 411 g/mol. The van der Waals surface area contributed by atoms with E-state index < -0.39 is 16.9 Å². The maximum absolute atomic E-state index is 13.2. The van der Waals surface area contributed by atoms with Gasteiger partial charge in [-0.2, -0.15) is 0 Å². The molecule has 1 fully saturated rings. The van der Waals surface area contributed by atoms with Crippen molar-refractivity contribution in [2.45, 2.75) is 26.3 Å². The summed E-state index contributed by atoms with van der Waals surface area (Å²) >= 11 is 0. The molecule has 0 aliphatic carbocycles. The third kappa shape index (κ3) is 3.88. The average Bonchev–Trinajstić information content (AvgIpc) is 2.73. The minimum atomic E-state index is -1.26. The van der Waals surface area contributed by atoms with E-state index >= 15 is 0 Å². The van der Waals surface area contributed by atoms with Gasteiger partial charge in [-0.25, -0.2) is 9.18 Å². The average molecular weight is 439 g/mol. The molecule has 0 saturated carbocycles. The highest BCUT2D eigenvalue weighted by atomic mass is 19.1. The molecule has 32 heavy (non-hydrogen) atoms. The number of pyridine rings is 1. The van der Waals surface area contributed by atoms with Crippen molar-refractivity contribution >= 4 is 33.9 Å². The van der Waals surface area contributed by atoms with Gasteiger partial charge in [-0.05, 0) is 57.2 Å². The topological polar surface area (TPSA) is 91.8 Å². The second-order valence-corrected chi connectivity index (χ2v) is 9.10. The number of nitrogen functional groups attached to an aromatic ring is 1. The van der Waals surface area contributed by atoms with E-state index in [9.17, 15) is 19.1 Å². The van der Waals surface area contributed by atoms with Crippen LogP contribution in [0.25, 0.3) is 10.9 Å². The highest BCUT2D eigenvalue weighted by Crippen LogP contribution is 2.32. The number of benzene rings is 2. The number of piperazine rings is 1. The molecule has 1 aliphatic rings. The Balaban J connectivity index is 1.72. The summed E-state index contributed by atoms with van der Waals surface area (Å²) in [5.74, 6) is -1.51. The van der Waals surface area contributed by atoms with Crippen molar-refractivity contribution in [2.24, 2.45) is 0 Å². The molecule has 0 bridgehead atoms.